The van der Waals surface area contributed by atoms with E-state index in [1.807, 2.05) is 38.1 Å². The predicted molar refractivity (Wildman–Crippen MR) is 81.6 cm³/mol. The van der Waals surface area contributed by atoms with E-state index in [-0.39, 0.29) is 18.2 Å². The molecule has 0 unspecified atom stereocenters. The van der Waals surface area contributed by atoms with Crippen molar-refractivity contribution in [2.24, 2.45) is 5.92 Å². The van der Waals surface area contributed by atoms with E-state index >= 15 is 0 Å². The summed E-state index contributed by atoms with van der Waals surface area (Å²) >= 11 is 0. The number of amides is 2. The maximum Gasteiger partial charge on any atom is 0.233 e. The van der Waals surface area contributed by atoms with Gasteiger partial charge in [-0.3, -0.25) is 9.59 Å². The summed E-state index contributed by atoms with van der Waals surface area (Å²) in [5, 5.41) is 5.55. The molecule has 0 aliphatic carbocycles. The number of hydrogen-bond acceptors (Lipinski definition) is 2. The van der Waals surface area contributed by atoms with Crippen LogP contribution in [0.25, 0.3) is 0 Å². The summed E-state index contributed by atoms with van der Waals surface area (Å²) in [7, 11) is 0. The van der Waals surface area contributed by atoms with Gasteiger partial charge in [0.1, 0.15) is 6.42 Å². The molecule has 0 aliphatic rings. The van der Waals surface area contributed by atoms with Crippen LogP contribution in [0, 0.1) is 5.92 Å². The SMILES string of the molecule is CC(C)CNC(=O)CC(=O)Nc1ccccc1C(C)C. The number of hydrogen-bond donors (Lipinski definition) is 2. The first kappa shape index (κ1) is 16.2. The number of carbonyl (C=O) groups is 2. The smallest absolute Gasteiger partial charge is 0.233 e. The van der Waals surface area contributed by atoms with Crippen molar-refractivity contribution in [2.45, 2.75) is 40.0 Å². The maximum atomic E-state index is 11.9. The first-order valence-corrected chi connectivity index (χ1v) is 7.05. The average molecular weight is 276 g/mol. The van der Waals surface area contributed by atoms with Crippen LogP contribution in [0.15, 0.2) is 24.3 Å². The number of rotatable bonds is 6. The Balaban J connectivity index is 2.56. The van der Waals surface area contributed by atoms with Gasteiger partial charge in [0.15, 0.2) is 0 Å². The Kier molecular flexibility index (Phi) is 6.22. The Bertz CT molecular complexity index is 467. The second kappa shape index (κ2) is 7.68. The zero-order valence-corrected chi connectivity index (χ0v) is 12.7. The summed E-state index contributed by atoms with van der Waals surface area (Å²) in [5.41, 5.74) is 1.85. The monoisotopic (exact) mass is 276 g/mol. The molecule has 20 heavy (non-hydrogen) atoms. The molecule has 0 bridgehead atoms. The quantitative estimate of drug-likeness (QED) is 0.785. The van der Waals surface area contributed by atoms with Crippen LogP contribution < -0.4 is 10.6 Å². The molecule has 0 heterocycles. The Morgan fingerprint density at radius 1 is 1.05 bits per heavy atom. The summed E-state index contributed by atoms with van der Waals surface area (Å²) < 4.78 is 0. The Morgan fingerprint density at radius 2 is 1.70 bits per heavy atom. The number of nitrogens with one attached hydrogen (secondary N) is 2. The first-order chi connectivity index (χ1) is 9.40. The minimum atomic E-state index is -0.278. The van der Waals surface area contributed by atoms with E-state index in [1.165, 1.54) is 0 Å². The van der Waals surface area contributed by atoms with Gasteiger partial charge < -0.3 is 10.6 Å². The summed E-state index contributed by atoms with van der Waals surface area (Å²) in [6.45, 7) is 8.76. The van der Waals surface area contributed by atoms with Crippen LogP contribution >= 0.6 is 0 Å². The van der Waals surface area contributed by atoms with Gasteiger partial charge in [0, 0.05) is 12.2 Å². The maximum absolute atomic E-state index is 11.9. The fourth-order valence-electron chi connectivity index (χ4n) is 1.83. The first-order valence-electron chi connectivity index (χ1n) is 7.05. The topological polar surface area (TPSA) is 58.2 Å². The molecule has 0 fully saturated rings. The van der Waals surface area contributed by atoms with E-state index in [2.05, 4.69) is 24.5 Å². The molecule has 2 amide bonds. The molecule has 4 heteroatoms. The molecule has 1 rings (SSSR count). The fraction of sp³-hybridized carbons (Fsp3) is 0.500. The molecule has 0 spiro atoms. The van der Waals surface area contributed by atoms with Gasteiger partial charge in [0.2, 0.25) is 11.8 Å². The van der Waals surface area contributed by atoms with Crippen molar-refractivity contribution in [3.05, 3.63) is 29.8 Å². The summed E-state index contributed by atoms with van der Waals surface area (Å²) in [6, 6.07) is 7.67. The number of benzene rings is 1. The van der Waals surface area contributed by atoms with Gasteiger partial charge in [-0.1, -0.05) is 45.9 Å². The number of anilines is 1. The largest absolute Gasteiger partial charge is 0.355 e. The standard InChI is InChI=1S/C16H24N2O2/c1-11(2)10-17-15(19)9-16(20)18-14-8-6-5-7-13(14)12(3)4/h5-8,11-12H,9-10H2,1-4H3,(H,17,19)(H,18,20). The zero-order chi connectivity index (χ0) is 15.1. The van der Waals surface area contributed by atoms with Gasteiger partial charge in [0.25, 0.3) is 0 Å². The average Bonchev–Trinajstić information content (AvgIpc) is 2.36. The molecular weight excluding hydrogens is 252 g/mol. The van der Waals surface area contributed by atoms with Crippen molar-refractivity contribution in [2.75, 3.05) is 11.9 Å². The number of carbonyl (C=O) groups excluding carboxylic acids is 2. The molecule has 0 atom stereocenters. The number of para-hydroxylation sites is 1. The molecule has 1 aromatic carbocycles. The highest BCUT2D eigenvalue weighted by atomic mass is 16.2. The summed E-state index contributed by atoms with van der Waals surface area (Å²) in [6.07, 6.45) is -0.140. The van der Waals surface area contributed by atoms with E-state index < -0.39 is 0 Å². The second-order valence-corrected chi connectivity index (χ2v) is 5.66. The van der Waals surface area contributed by atoms with Crippen LogP contribution in [-0.2, 0) is 9.59 Å². The normalized spacial score (nSPS) is 10.7. The summed E-state index contributed by atoms with van der Waals surface area (Å²) in [4.78, 5) is 23.5. The Morgan fingerprint density at radius 3 is 2.30 bits per heavy atom. The van der Waals surface area contributed by atoms with Gasteiger partial charge in [-0.15, -0.1) is 0 Å². The van der Waals surface area contributed by atoms with E-state index in [4.69, 9.17) is 0 Å². The third kappa shape index (κ3) is 5.43. The van der Waals surface area contributed by atoms with Crippen LogP contribution in [0.3, 0.4) is 0 Å². The Labute approximate surface area is 121 Å². The van der Waals surface area contributed by atoms with Gasteiger partial charge >= 0.3 is 0 Å². The minimum Gasteiger partial charge on any atom is -0.355 e. The molecule has 4 nitrogen and oxygen atoms in total. The van der Waals surface area contributed by atoms with E-state index in [9.17, 15) is 9.59 Å². The van der Waals surface area contributed by atoms with Crippen molar-refractivity contribution in [1.29, 1.82) is 0 Å². The van der Waals surface area contributed by atoms with Crippen LogP contribution in [0.1, 0.15) is 45.6 Å². The van der Waals surface area contributed by atoms with E-state index in [1.54, 1.807) is 0 Å². The lowest BCUT2D eigenvalue weighted by Crippen LogP contribution is -2.30. The van der Waals surface area contributed by atoms with Crippen molar-refractivity contribution in [3.63, 3.8) is 0 Å². The van der Waals surface area contributed by atoms with Crippen molar-refractivity contribution in [3.8, 4) is 0 Å². The molecule has 0 saturated heterocycles. The lowest BCUT2D eigenvalue weighted by atomic mass is 10.0. The Hall–Kier alpha value is -1.84. The molecular formula is C16H24N2O2. The highest BCUT2D eigenvalue weighted by Crippen LogP contribution is 2.23. The highest BCUT2D eigenvalue weighted by Gasteiger charge is 2.12. The third-order valence-electron chi connectivity index (χ3n) is 2.89. The molecule has 0 saturated carbocycles. The second-order valence-electron chi connectivity index (χ2n) is 5.66. The van der Waals surface area contributed by atoms with Gasteiger partial charge in [-0.05, 0) is 23.5 Å². The zero-order valence-electron chi connectivity index (χ0n) is 12.7. The molecule has 2 N–H and O–H groups in total. The molecule has 0 radical (unpaired) electrons. The van der Waals surface area contributed by atoms with Crippen LogP contribution in [0.4, 0.5) is 5.69 Å². The lowest BCUT2D eigenvalue weighted by molar-refractivity contribution is -0.126. The molecule has 0 aliphatic heterocycles. The van der Waals surface area contributed by atoms with Crippen molar-refractivity contribution >= 4 is 17.5 Å². The molecule has 110 valence electrons. The lowest BCUT2D eigenvalue weighted by Gasteiger charge is -2.13. The summed E-state index contributed by atoms with van der Waals surface area (Å²) in [5.74, 6) is 0.183. The van der Waals surface area contributed by atoms with Crippen LogP contribution in [0.5, 0.6) is 0 Å². The van der Waals surface area contributed by atoms with Gasteiger partial charge in [0.05, 0.1) is 0 Å². The highest BCUT2D eigenvalue weighted by molar-refractivity contribution is 6.03. The van der Waals surface area contributed by atoms with Crippen molar-refractivity contribution < 1.29 is 9.59 Å². The predicted octanol–water partition coefficient (Wildman–Crippen LogP) is 2.91. The fourth-order valence-corrected chi connectivity index (χ4v) is 1.83. The van der Waals surface area contributed by atoms with Crippen LogP contribution in [0.2, 0.25) is 0 Å². The van der Waals surface area contributed by atoms with Gasteiger partial charge in [-0.25, -0.2) is 0 Å². The van der Waals surface area contributed by atoms with Crippen molar-refractivity contribution in [1.82, 2.24) is 5.32 Å². The molecule has 0 aromatic heterocycles. The van der Waals surface area contributed by atoms with Crippen LogP contribution in [-0.4, -0.2) is 18.4 Å². The minimum absolute atomic E-state index is 0.140. The van der Waals surface area contributed by atoms with E-state index in [0.29, 0.717) is 18.4 Å². The third-order valence-corrected chi connectivity index (χ3v) is 2.89. The molecule has 1 aromatic rings. The van der Waals surface area contributed by atoms with Gasteiger partial charge in [-0.2, -0.15) is 0 Å². The van der Waals surface area contributed by atoms with E-state index in [0.717, 1.165) is 11.3 Å².